The SMILES string of the molecule is N#CNC1=N[C@@H](c2ccc(Cl)cc2)C2=C(N1)/C(=C/c1ccc(Cl)cc1)CCC2. The molecule has 0 aromatic heterocycles. The molecule has 1 atom stereocenters. The molecular weight excluding hydrogens is 391 g/mol. The summed E-state index contributed by atoms with van der Waals surface area (Å²) >= 11 is 12.1. The van der Waals surface area contributed by atoms with Crippen LogP contribution in [0.1, 0.15) is 36.4 Å². The van der Waals surface area contributed by atoms with Crippen LogP contribution in [0.5, 0.6) is 0 Å². The number of nitriles is 1. The molecule has 0 unspecified atom stereocenters. The first-order chi connectivity index (χ1) is 13.6. The highest BCUT2D eigenvalue weighted by Crippen LogP contribution is 2.40. The topological polar surface area (TPSA) is 60.2 Å². The number of hydrogen-bond donors (Lipinski definition) is 2. The van der Waals surface area contributed by atoms with E-state index in [0.717, 1.165) is 41.1 Å². The van der Waals surface area contributed by atoms with Crippen molar-refractivity contribution in [3.05, 3.63) is 86.5 Å². The van der Waals surface area contributed by atoms with Crippen LogP contribution in [-0.2, 0) is 0 Å². The molecule has 0 amide bonds. The lowest BCUT2D eigenvalue weighted by atomic mass is 9.84. The number of halogens is 2. The summed E-state index contributed by atoms with van der Waals surface area (Å²) in [6.07, 6.45) is 7.11. The first kappa shape index (κ1) is 18.6. The highest BCUT2D eigenvalue weighted by atomic mass is 35.5. The zero-order valence-electron chi connectivity index (χ0n) is 15.0. The maximum atomic E-state index is 9.09. The lowest BCUT2D eigenvalue weighted by Gasteiger charge is -2.32. The summed E-state index contributed by atoms with van der Waals surface area (Å²) in [7, 11) is 0. The Morgan fingerprint density at radius 1 is 1.04 bits per heavy atom. The molecule has 1 aliphatic carbocycles. The molecule has 0 spiro atoms. The summed E-state index contributed by atoms with van der Waals surface area (Å²) in [5, 5.41) is 16.5. The molecule has 2 aromatic rings. The fourth-order valence-corrected chi connectivity index (χ4v) is 3.91. The van der Waals surface area contributed by atoms with Gasteiger partial charge in [0.15, 0.2) is 6.19 Å². The third-order valence-electron chi connectivity index (χ3n) is 4.94. The van der Waals surface area contributed by atoms with Gasteiger partial charge < -0.3 is 5.32 Å². The number of hydrogen-bond acceptors (Lipinski definition) is 4. The summed E-state index contributed by atoms with van der Waals surface area (Å²) < 4.78 is 0. The van der Waals surface area contributed by atoms with Crippen LogP contribution in [0.4, 0.5) is 0 Å². The first-order valence-corrected chi connectivity index (χ1v) is 9.84. The van der Waals surface area contributed by atoms with Gasteiger partial charge in [-0.05, 0) is 71.9 Å². The van der Waals surface area contributed by atoms with Gasteiger partial charge >= 0.3 is 0 Å². The Balaban J connectivity index is 1.77. The Hall–Kier alpha value is -2.74. The molecular formula is C22H18Cl2N4. The van der Waals surface area contributed by atoms with Crippen molar-refractivity contribution < 1.29 is 0 Å². The summed E-state index contributed by atoms with van der Waals surface area (Å²) in [6, 6.07) is 15.4. The zero-order chi connectivity index (χ0) is 19.5. The molecule has 0 fully saturated rings. The minimum Gasteiger partial charge on any atom is -0.325 e. The molecule has 1 heterocycles. The molecule has 2 aromatic carbocycles. The number of guanidine groups is 1. The van der Waals surface area contributed by atoms with Crippen LogP contribution in [0.2, 0.25) is 10.0 Å². The van der Waals surface area contributed by atoms with Gasteiger partial charge in [0.05, 0.1) is 0 Å². The Morgan fingerprint density at radius 3 is 2.39 bits per heavy atom. The van der Waals surface area contributed by atoms with Crippen LogP contribution in [-0.4, -0.2) is 5.96 Å². The minimum atomic E-state index is -0.140. The molecule has 0 bridgehead atoms. The Labute approximate surface area is 174 Å². The quantitative estimate of drug-likeness (QED) is 0.503. The average molecular weight is 409 g/mol. The monoisotopic (exact) mass is 408 g/mol. The Morgan fingerprint density at radius 2 is 1.71 bits per heavy atom. The van der Waals surface area contributed by atoms with Crippen LogP contribution >= 0.6 is 23.2 Å². The summed E-state index contributed by atoms with van der Waals surface area (Å²) in [4.78, 5) is 4.74. The second kappa shape index (κ2) is 8.10. The standard InChI is InChI=1S/C22H18Cl2N4/c23-17-8-4-14(5-9-17)12-16-2-1-3-19-20(15-6-10-18(24)11-7-15)27-22(26-13-25)28-21(16)19/h4-12,20H,1-3H2,(H2,26,27,28)/b16-12+/t20-/m0/s1. The maximum absolute atomic E-state index is 9.09. The van der Waals surface area contributed by atoms with Crippen LogP contribution in [0.3, 0.4) is 0 Å². The number of nitrogens with zero attached hydrogens (tertiary/aromatic N) is 2. The smallest absolute Gasteiger partial charge is 0.210 e. The number of nitrogens with one attached hydrogen (secondary N) is 2. The molecule has 2 N–H and O–H groups in total. The molecule has 28 heavy (non-hydrogen) atoms. The van der Waals surface area contributed by atoms with Crippen molar-refractivity contribution in [2.24, 2.45) is 4.99 Å². The Bertz CT molecular complexity index is 1010. The van der Waals surface area contributed by atoms with Crippen LogP contribution < -0.4 is 10.6 Å². The minimum absolute atomic E-state index is 0.140. The molecule has 0 saturated heterocycles. The number of aliphatic imine (C=N–C) groups is 1. The van der Waals surface area contributed by atoms with Gasteiger partial charge in [-0.2, -0.15) is 5.26 Å². The number of benzene rings is 2. The summed E-state index contributed by atoms with van der Waals surface area (Å²) in [6.45, 7) is 0. The Kier molecular flexibility index (Phi) is 5.38. The van der Waals surface area contributed by atoms with E-state index in [-0.39, 0.29) is 6.04 Å². The summed E-state index contributed by atoms with van der Waals surface area (Å²) in [5.74, 6) is 0.463. The predicted octanol–water partition coefficient (Wildman–Crippen LogP) is 5.59. The number of allylic oxidation sites excluding steroid dienone is 1. The van der Waals surface area contributed by atoms with Crippen molar-refractivity contribution in [3.8, 4) is 6.19 Å². The lowest BCUT2D eigenvalue weighted by Crippen LogP contribution is -2.39. The van der Waals surface area contributed by atoms with Crippen molar-refractivity contribution >= 4 is 35.2 Å². The third-order valence-corrected chi connectivity index (χ3v) is 5.44. The van der Waals surface area contributed by atoms with Crippen molar-refractivity contribution in [1.29, 1.82) is 5.26 Å². The van der Waals surface area contributed by atoms with E-state index in [9.17, 15) is 0 Å². The second-order valence-electron chi connectivity index (χ2n) is 6.77. The van der Waals surface area contributed by atoms with E-state index in [1.807, 2.05) is 54.7 Å². The van der Waals surface area contributed by atoms with Gasteiger partial charge in [0, 0.05) is 15.7 Å². The van der Waals surface area contributed by atoms with Gasteiger partial charge in [-0.1, -0.05) is 47.5 Å². The summed E-state index contributed by atoms with van der Waals surface area (Å²) in [5.41, 5.74) is 5.64. The normalized spacial score (nSPS) is 20.1. The van der Waals surface area contributed by atoms with E-state index < -0.39 is 0 Å². The zero-order valence-corrected chi connectivity index (χ0v) is 16.6. The van der Waals surface area contributed by atoms with Crippen molar-refractivity contribution in [3.63, 3.8) is 0 Å². The van der Waals surface area contributed by atoms with Gasteiger partial charge in [0.1, 0.15) is 6.04 Å². The maximum Gasteiger partial charge on any atom is 0.210 e. The van der Waals surface area contributed by atoms with Gasteiger partial charge in [-0.25, -0.2) is 4.99 Å². The molecule has 1 aliphatic heterocycles. The fraction of sp³-hybridized carbons (Fsp3) is 0.182. The van der Waals surface area contributed by atoms with Gasteiger partial charge in [0.25, 0.3) is 0 Å². The van der Waals surface area contributed by atoms with Gasteiger partial charge in [0.2, 0.25) is 5.96 Å². The van der Waals surface area contributed by atoms with E-state index in [0.29, 0.717) is 11.0 Å². The average Bonchev–Trinajstić information content (AvgIpc) is 2.70. The lowest BCUT2D eigenvalue weighted by molar-refractivity contribution is 0.651. The van der Waals surface area contributed by atoms with Crippen LogP contribution in [0, 0.1) is 11.5 Å². The second-order valence-corrected chi connectivity index (χ2v) is 7.64. The van der Waals surface area contributed by atoms with E-state index in [1.165, 1.54) is 11.1 Å². The van der Waals surface area contributed by atoms with E-state index >= 15 is 0 Å². The van der Waals surface area contributed by atoms with Gasteiger partial charge in [-0.3, -0.25) is 5.32 Å². The van der Waals surface area contributed by atoms with Crippen molar-refractivity contribution in [2.45, 2.75) is 25.3 Å². The fourth-order valence-electron chi connectivity index (χ4n) is 3.66. The van der Waals surface area contributed by atoms with Gasteiger partial charge in [-0.15, -0.1) is 0 Å². The van der Waals surface area contributed by atoms with Crippen molar-refractivity contribution in [1.82, 2.24) is 10.6 Å². The first-order valence-electron chi connectivity index (χ1n) is 9.09. The van der Waals surface area contributed by atoms with E-state index in [2.05, 4.69) is 16.7 Å². The largest absolute Gasteiger partial charge is 0.325 e. The molecule has 140 valence electrons. The number of rotatable bonds is 2. The molecule has 0 radical (unpaired) electrons. The molecule has 6 heteroatoms. The molecule has 4 rings (SSSR count). The van der Waals surface area contributed by atoms with E-state index in [4.69, 9.17) is 33.5 Å². The predicted molar refractivity (Wildman–Crippen MR) is 114 cm³/mol. The van der Waals surface area contributed by atoms with Crippen LogP contribution in [0.15, 0.2) is 70.4 Å². The van der Waals surface area contributed by atoms with Crippen molar-refractivity contribution in [2.75, 3.05) is 0 Å². The van der Waals surface area contributed by atoms with E-state index in [1.54, 1.807) is 0 Å². The van der Waals surface area contributed by atoms with Crippen LogP contribution in [0.25, 0.3) is 6.08 Å². The highest BCUT2D eigenvalue weighted by molar-refractivity contribution is 6.30. The molecule has 2 aliphatic rings. The molecule has 0 saturated carbocycles. The highest BCUT2D eigenvalue weighted by Gasteiger charge is 2.29. The third kappa shape index (κ3) is 3.91. The molecule has 4 nitrogen and oxygen atoms in total.